The average Bonchev–Trinajstić information content (AvgIpc) is 2.83. The first kappa shape index (κ1) is 12.3. The lowest BCUT2D eigenvalue weighted by Gasteiger charge is -2.31. The van der Waals surface area contributed by atoms with E-state index in [0.29, 0.717) is 6.04 Å². The lowest BCUT2D eigenvalue weighted by molar-refractivity contribution is 0.109. The van der Waals surface area contributed by atoms with Crippen molar-refractivity contribution in [1.82, 2.24) is 4.90 Å². The zero-order valence-corrected chi connectivity index (χ0v) is 10.7. The molecule has 2 aliphatic rings. The number of likely N-dealkylation sites (N-methyl/N-ethyl adjacent to an activating group) is 1. The Hall–Kier alpha value is -0.120. The smallest absolute Gasteiger partial charge is 0.0593 e. The van der Waals surface area contributed by atoms with Gasteiger partial charge in [-0.2, -0.15) is 0 Å². The zero-order valence-electron chi connectivity index (χ0n) is 10.7. The molecule has 2 N–H and O–H groups in total. The van der Waals surface area contributed by atoms with Crippen LogP contribution in [0.2, 0.25) is 0 Å². The van der Waals surface area contributed by atoms with Gasteiger partial charge in [-0.25, -0.2) is 0 Å². The number of rotatable bonds is 6. The van der Waals surface area contributed by atoms with Crippen LogP contribution in [0.5, 0.6) is 0 Å². The molecule has 4 unspecified atom stereocenters. The molecule has 4 atom stereocenters. The van der Waals surface area contributed by atoms with Crippen LogP contribution in [0.4, 0.5) is 0 Å². The third-order valence-electron chi connectivity index (χ3n) is 4.50. The summed E-state index contributed by atoms with van der Waals surface area (Å²) in [5.41, 5.74) is 6.31. The van der Waals surface area contributed by atoms with Crippen molar-refractivity contribution in [2.45, 2.75) is 32.2 Å². The molecule has 0 aromatic carbocycles. The molecule has 0 aromatic rings. The van der Waals surface area contributed by atoms with Crippen LogP contribution < -0.4 is 5.73 Å². The highest BCUT2D eigenvalue weighted by atomic mass is 16.5. The number of ether oxygens (including phenoxy) is 1. The van der Waals surface area contributed by atoms with Gasteiger partial charge in [0, 0.05) is 25.7 Å². The van der Waals surface area contributed by atoms with Crippen molar-refractivity contribution >= 4 is 0 Å². The standard InChI is InChI=1S/C13H26N2O/c1-3-16-7-6-15(2)9-12-10-4-5-11(8-10)13(12)14/h10-13H,3-9,14H2,1-2H3. The van der Waals surface area contributed by atoms with E-state index < -0.39 is 0 Å². The van der Waals surface area contributed by atoms with E-state index in [4.69, 9.17) is 10.5 Å². The minimum absolute atomic E-state index is 0.466. The highest BCUT2D eigenvalue weighted by Crippen LogP contribution is 2.47. The molecule has 2 aliphatic carbocycles. The van der Waals surface area contributed by atoms with Crippen molar-refractivity contribution < 1.29 is 4.74 Å². The minimum atomic E-state index is 0.466. The summed E-state index contributed by atoms with van der Waals surface area (Å²) < 4.78 is 5.38. The van der Waals surface area contributed by atoms with Crippen LogP contribution in [-0.2, 0) is 4.74 Å². The molecule has 0 saturated heterocycles. The molecule has 0 aliphatic heterocycles. The van der Waals surface area contributed by atoms with Crippen molar-refractivity contribution in [1.29, 1.82) is 0 Å². The molecule has 2 saturated carbocycles. The fourth-order valence-corrected chi connectivity index (χ4v) is 3.54. The Labute approximate surface area is 99.3 Å². The summed E-state index contributed by atoms with van der Waals surface area (Å²) in [4.78, 5) is 2.39. The maximum absolute atomic E-state index is 6.31. The molecule has 0 heterocycles. The van der Waals surface area contributed by atoms with Gasteiger partial charge in [0.25, 0.3) is 0 Å². The molecule has 0 amide bonds. The van der Waals surface area contributed by atoms with Crippen LogP contribution in [-0.4, -0.2) is 44.3 Å². The quantitative estimate of drug-likeness (QED) is 0.694. The molecule has 2 rings (SSSR count). The molecule has 2 bridgehead atoms. The summed E-state index contributed by atoms with van der Waals surface area (Å²) in [6.45, 7) is 5.92. The molecule has 3 heteroatoms. The predicted molar refractivity (Wildman–Crippen MR) is 66.3 cm³/mol. The molecule has 94 valence electrons. The lowest BCUT2D eigenvalue weighted by atomic mass is 9.84. The van der Waals surface area contributed by atoms with Gasteiger partial charge in [0.05, 0.1) is 6.61 Å². The van der Waals surface area contributed by atoms with E-state index in [1.807, 2.05) is 6.92 Å². The maximum Gasteiger partial charge on any atom is 0.0593 e. The van der Waals surface area contributed by atoms with Gasteiger partial charge in [-0.05, 0) is 51.0 Å². The first-order valence-electron chi connectivity index (χ1n) is 6.74. The second kappa shape index (κ2) is 5.48. The van der Waals surface area contributed by atoms with Gasteiger partial charge in [-0.3, -0.25) is 0 Å². The third-order valence-corrected chi connectivity index (χ3v) is 4.50. The van der Waals surface area contributed by atoms with Gasteiger partial charge in [0.15, 0.2) is 0 Å². The van der Waals surface area contributed by atoms with E-state index in [0.717, 1.165) is 44.1 Å². The number of fused-ring (bicyclic) bond motifs is 2. The second-order valence-electron chi connectivity index (χ2n) is 5.53. The first-order valence-corrected chi connectivity index (χ1v) is 6.74. The van der Waals surface area contributed by atoms with Crippen LogP contribution >= 0.6 is 0 Å². The van der Waals surface area contributed by atoms with Gasteiger partial charge in [0.1, 0.15) is 0 Å². The van der Waals surface area contributed by atoms with E-state index in [2.05, 4.69) is 11.9 Å². The van der Waals surface area contributed by atoms with Gasteiger partial charge < -0.3 is 15.4 Å². The Morgan fingerprint density at radius 1 is 1.31 bits per heavy atom. The molecule has 2 fully saturated rings. The van der Waals surface area contributed by atoms with Crippen molar-refractivity contribution in [3.8, 4) is 0 Å². The fourth-order valence-electron chi connectivity index (χ4n) is 3.54. The van der Waals surface area contributed by atoms with Crippen LogP contribution in [0.15, 0.2) is 0 Å². The molecule has 3 nitrogen and oxygen atoms in total. The summed E-state index contributed by atoms with van der Waals surface area (Å²) >= 11 is 0. The van der Waals surface area contributed by atoms with Gasteiger partial charge in [-0.1, -0.05) is 0 Å². The van der Waals surface area contributed by atoms with Gasteiger partial charge in [-0.15, -0.1) is 0 Å². The van der Waals surface area contributed by atoms with Crippen molar-refractivity contribution in [3.63, 3.8) is 0 Å². The Kier molecular flexibility index (Phi) is 4.22. The average molecular weight is 226 g/mol. The Morgan fingerprint density at radius 3 is 2.69 bits per heavy atom. The van der Waals surface area contributed by atoms with Crippen LogP contribution in [0.3, 0.4) is 0 Å². The normalized spacial score (nSPS) is 37.5. The first-order chi connectivity index (χ1) is 7.72. The summed E-state index contributed by atoms with van der Waals surface area (Å²) in [6.07, 6.45) is 4.19. The predicted octanol–water partition coefficient (Wildman–Crippen LogP) is 1.33. The van der Waals surface area contributed by atoms with E-state index in [9.17, 15) is 0 Å². The molecular formula is C13H26N2O. The van der Waals surface area contributed by atoms with Crippen LogP contribution in [0.1, 0.15) is 26.2 Å². The monoisotopic (exact) mass is 226 g/mol. The number of hydrogen-bond donors (Lipinski definition) is 1. The largest absolute Gasteiger partial charge is 0.380 e. The molecule has 16 heavy (non-hydrogen) atoms. The number of nitrogens with two attached hydrogens (primary N) is 1. The minimum Gasteiger partial charge on any atom is -0.380 e. The summed E-state index contributed by atoms with van der Waals surface area (Å²) in [5, 5.41) is 0. The zero-order chi connectivity index (χ0) is 11.5. The molecular weight excluding hydrogens is 200 g/mol. The maximum atomic E-state index is 6.31. The number of hydrogen-bond acceptors (Lipinski definition) is 3. The van der Waals surface area contributed by atoms with E-state index in [1.54, 1.807) is 0 Å². The third kappa shape index (κ3) is 2.58. The highest BCUT2D eigenvalue weighted by molar-refractivity contribution is 4.99. The van der Waals surface area contributed by atoms with Crippen molar-refractivity contribution in [3.05, 3.63) is 0 Å². The van der Waals surface area contributed by atoms with Gasteiger partial charge in [0.2, 0.25) is 0 Å². The SMILES string of the molecule is CCOCCN(C)CC1C2CCC(C2)C1N. The second-order valence-corrected chi connectivity index (χ2v) is 5.53. The van der Waals surface area contributed by atoms with Crippen molar-refractivity contribution in [2.24, 2.45) is 23.5 Å². The Morgan fingerprint density at radius 2 is 2.06 bits per heavy atom. The van der Waals surface area contributed by atoms with Crippen LogP contribution in [0, 0.1) is 17.8 Å². The highest BCUT2D eigenvalue weighted by Gasteiger charge is 2.45. The fraction of sp³-hybridized carbons (Fsp3) is 1.00. The summed E-state index contributed by atoms with van der Waals surface area (Å²) in [5.74, 6) is 2.48. The van der Waals surface area contributed by atoms with Crippen LogP contribution in [0.25, 0.3) is 0 Å². The van der Waals surface area contributed by atoms with E-state index >= 15 is 0 Å². The van der Waals surface area contributed by atoms with Crippen molar-refractivity contribution in [2.75, 3.05) is 33.4 Å². The van der Waals surface area contributed by atoms with E-state index in [-0.39, 0.29) is 0 Å². The summed E-state index contributed by atoms with van der Waals surface area (Å²) in [7, 11) is 2.19. The Balaban J connectivity index is 1.72. The molecule has 0 aromatic heterocycles. The number of nitrogens with zero attached hydrogens (tertiary/aromatic N) is 1. The molecule has 0 spiro atoms. The lowest BCUT2D eigenvalue weighted by Crippen LogP contribution is -2.42. The summed E-state index contributed by atoms with van der Waals surface area (Å²) in [6, 6.07) is 0.466. The molecule has 0 radical (unpaired) electrons. The van der Waals surface area contributed by atoms with E-state index in [1.165, 1.54) is 19.3 Å². The topological polar surface area (TPSA) is 38.5 Å². The Bertz CT molecular complexity index is 220. The van der Waals surface area contributed by atoms with Gasteiger partial charge >= 0.3 is 0 Å².